The highest BCUT2D eigenvalue weighted by Gasteiger charge is 2.33. The first-order chi connectivity index (χ1) is 11.2. The van der Waals surface area contributed by atoms with Gasteiger partial charge in [0.2, 0.25) is 0 Å². The van der Waals surface area contributed by atoms with Crippen LogP contribution in [-0.4, -0.2) is 11.1 Å². The number of rotatable bonds is 4. The SMILES string of the molecule is N#Cc1cc(COc2ccc(C(F)(F)F)c(Cl)c2)cc(C(=O)O)c1. The van der Waals surface area contributed by atoms with Gasteiger partial charge in [0, 0.05) is 0 Å². The summed E-state index contributed by atoms with van der Waals surface area (Å²) in [4.78, 5) is 11.0. The quantitative estimate of drug-likeness (QED) is 0.876. The number of carbonyl (C=O) groups is 1. The summed E-state index contributed by atoms with van der Waals surface area (Å²) in [5, 5.41) is 17.4. The van der Waals surface area contributed by atoms with Gasteiger partial charge < -0.3 is 9.84 Å². The van der Waals surface area contributed by atoms with Crippen LogP contribution in [0.15, 0.2) is 36.4 Å². The van der Waals surface area contributed by atoms with E-state index in [-0.39, 0.29) is 23.5 Å². The molecule has 4 nitrogen and oxygen atoms in total. The summed E-state index contributed by atoms with van der Waals surface area (Å²) in [6.45, 7) is -0.127. The Balaban J connectivity index is 2.20. The van der Waals surface area contributed by atoms with Crippen LogP contribution >= 0.6 is 11.6 Å². The van der Waals surface area contributed by atoms with E-state index in [2.05, 4.69) is 0 Å². The molecule has 0 heterocycles. The van der Waals surface area contributed by atoms with E-state index in [0.29, 0.717) is 5.56 Å². The average Bonchev–Trinajstić information content (AvgIpc) is 2.51. The van der Waals surface area contributed by atoms with Crippen molar-refractivity contribution in [2.24, 2.45) is 0 Å². The third-order valence-corrected chi connectivity index (χ3v) is 3.33. The highest BCUT2D eigenvalue weighted by atomic mass is 35.5. The van der Waals surface area contributed by atoms with Crippen molar-refractivity contribution < 1.29 is 27.8 Å². The van der Waals surface area contributed by atoms with E-state index < -0.39 is 22.7 Å². The minimum atomic E-state index is -4.56. The molecule has 0 bridgehead atoms. The standard InChI is InChI=1S/C16H9ClF3NO3/c17-14-6-12(1-2-13(14)16(18,19)20)24-8-10-3-9(7-21)4-11(5-10)15(22)23/h1-6H,8H2,(H,22,23). The zero-order chi connectivity index (χ0) is 17.9. The molecule has 124 valence electrons. The molecule has 2 rings (SSSR count). The summed E-state index contributed by atoms with van der Waals surface area (Å²) < 4.78 is 43.2. The number of alkyl halides is 3. The van der Waals surface area contributed by atoms with Gasteiger partial charge in [-0.3, -0.25) is 0 Å². The minimum Gasteiger partial charge on any atom is -0.489 e. The molecule has 0 fully saturated rings. The number of halogens is 4. The molecule has 24 heavy (non-hydrogen) atoms. The molecule has 0 unspecified atom stereocenters. The average molecular weight is 356 g/mol. The van der Waals surface area contributed by atoms with Gasteiger partial charge in [0.1, 0.15) is 12.4 Å². The van der Waals surface area contributed by atoms with Crippen molar-refractivity contribution in [3.63, 3.8) is 0 Å². The Labute approximate surface area is 139 Å². The van der Waals surface area contributed by atoms with Crippen LogP contribution in [-0.2, 0) is 12.8 Å². The molecule has 8 heteroatoms. The number of carboxylic acids is 1. The van der Waals surface area contributed by atoms with Gasteiger partial charge >= 0.3 is 12.1 Å². The molecule has 0 aliphatic carbocycles. The molecule has 0 aromatic heterocycles. The second kappa shape index (κ2) is 6.81. The van der Waals surface area contributed by atoms with E-state index in [9.17, 15) is 18.0 Å². The largest absolute Gasteiger partial charge is 0.489 e. The van der Waals surface area contributed by atoms with Gasteiger partial charge in [0.25, 0.3) is 0 Å². The fourth-order valence-electron chi connectivity index (χ4n) is 1.95. The Bertz CT molecular complexity index is 828. The van der Waals surface area contributed by atoms with Crippen molar-refractivity contribution >= 4 is 17.6 Å². The fourth-order valence-corrected chi connectivity index (χ4v) is 2.22. The second-order valence-electron chi connectivity index (χ2n) is 4.76. The van der Waals surface area contributed by atoms with Gasteiger partial charge in [-0.05, 0) is 42.0 Å². The Kier molecular flexibility index (Phi) is 5.00. The smallest absolute Gasteiger partial charge is 0.417 e. The molecule has 1 N–H and O–H groups in total. The molecule has 0 atom stereocenters. The first-order valence-electron chi connectivity index (χ1n) is 6.47. The molecular formula is C16H9ClF3NO3. The number of benzene rings is 2. The minimum absolute atomic E-state index is 0.0851. The van der Waals surface area contributed by atoms with Crippen LogP contribution in [0.4, 0.5) is 13.2 Å². The summed E-state index contributed by atoms with van der Waals surface area (Å²) in [6, 6.07) is 8.72. The Hall–Kier alpha value is -2.72. The molecule has 0 amide bonds. The summed E-state index contributed by atoms with van der Waals surface area (Å²) in [5.41, 5.74) is -0.532. The van der Waals surface area contributed by atoms with Crippen LogP contribution in [0.2, 0.25) is 5.02 Å². The van der Waals surface area contributed by atoms with Crippen LogP contribution in [0.25, 0.3) is 0 Å². The number of nitriles is 1. The van der Waals surface area contributed by atoms with Crippen molar-refractivity contribution in [2.75, 3.05) is 0 Å². The third kappa shape index (κ3) is 4.18. The zero-order valence-corrected chi connectivity index (χ0v) is 12.6. The van der Waals surface area contributed by atoms with Crippen LogP contribution in [0, 0.1) is 11.3 Å². The normalized spacial score (nSPS) is 11.0. The second-order valence-corrected chi connectivity index (χ2v) is 5.17. The summed E-state index contributed by atoms with van der Waals surface area (Å²) in [6.07, 6.45) is -4.56. The summed E-state index contributed by atoms with van der Waals surface area (Å²) in [5.74, 6) is -1.11. The van der Waals surface area contributed by atoms with E-state index in [0.717, 1.165) is 18.2 Å². The third-order valence-electron chi connectivity index (χ3n) is 3.02. The Morgan fingerprint density at radius 1 is 1.25 bits per heavy atom. The molecule has 0 spiro atoms. The van der Waals surface area contributed by atoms with Gasteiger partial charge in [-0.2, -0.15) is 18.4 Å². The maximum absolute atomic E-state index is 12.6. The molecule has 2 aromatic rings. The van der Waals surface area contributed by atoms with E-state index in [1.807, 2.05) is 6.07 Å². The van der Waals surface area contributed by atoms with Gasteiger partial charge in [-0.25, -0.2) is 4.79 Å². The van der Waals surface area contributed by atoms with Crippen LogP contribution in [0.5, 0.6) is 5.75 Å². The van der Waals surface area contributed by atoms with Crippen molar-refractivity contribution in [1.29, 1.82) is 5.26 Å². The number of carboxylic acid groups (broad SMARTS) is 1. The predicted octanol–water partition coefficient (Wildman–Crippen LogP) is 4.51. The summed E-state index contributed by atoms with van der Waals surface area (Å²) in [7, 11) is 0. The lowest BCUT2D eigenvalue weighted by Gasteiger charge is -2.12. The molecule has 0 aliphatic heterocycles. The first-order valence-corrected chi connectivity index (χ1v) is 6.85. The van der Waals surface area contributed by atoms with Crippen molar-refractivity contribution in [3.8, 4) is 11.8 Å². The Morgan fingerprint density at radius 3 is 2.50 bits per heavy atom. The maximum atomic E-state index is 12.6. The topological polar surface area (TPSA) is 70.3 Å². The van der Waals surface area contributed by atoms with Crippen molar-refractivity contribution in [3.05, 3.63) is 63.7 Å². The lowest BCUT2D eigenvalue weighted by Crippen LogP contribution is -2.06. The van der Waals surface area contributed by atoms with Crippen LogP contribution in [0.3, 0.4) is 0 Å². The number of nitrogens with zero attached hydrogens (tertiary/aromatic N) is 1. The monoisotopic (exact) mass is 355 g/mol. The molecule has 0 radical (unpaired) electrons. The zero-order valence-electron chi connectivity index (χ0n) is 11.9. The molecular weight excluding hydrogens is 347 g/mol. The van der Waals surface area contributed by atoms with Gasteiger partial charge in [0.05, 0.1) is 27.8 Å². The van der Waals surface area contributed by atoms with E-state index in [1.54, 1.807) is 0 Å². The Morgan fingerprint density at radius 2 is 1.96 bits per heavy atom. The molecule has 0 saturated carbocycles. The van der Waals surface area contributed by atoms with Crippen LogP contribution in [0.1, 0.15) is 27.0 Å². The number of ether oxygens (including phenoxy) is 1. The van der Waals surface area contributed by atoms with E-state index >= 15 is 0 Å². The predicted molar refractivity (Wildman–Crippen MR) is 78.9 cm³/mol. The summed E-state index contributed by atoms with van der Waals surface area (Å²) >= 11 is 5.59. The first kappa shape index (κ1) is 17.6. The lowest BCUT2D eigenvalue weighted by molar-refractivity contribution is -0.137. The molecule has 2 aromatic carbocycles. The number of hydrogen-bond acceptors (Lipinski definition) is 3. The van der Waals surface area contributed by atoms with E-state index in [4.69, 9.17) is 26.7 Å². The van der Waals surface area contributed by atoms with Crippen molar-refractivity contribution in [1.82, 2.24) is 0 Å². The van der Waals surface area contributed by atoms with Crippen molar-refractivity contribution in [2.45, 2.75) is 12.8 Å². The van der Waals surface area contributed by atoms with Crippen LogP contribution < -0.4 is 4.74 Å². The fraction of sp³-hybridized carbons (Fsp3) is 0.125. The van der Waals surface area contributed by atoms with Gasteiger partial charge in [-0.15, -0.1) is 0 Å². The molecule has 0 aliphatic rings. The number of aromatic carboxylic acids is 1. The lowest BCUT2D eigenvalue weighted by atomic mass is 10.1. The van der Waals surface area contributed by atoms with Gasteiger partial charge in [0.15, 0.2) is 0 Å². The van der Waals surface area contributed by atoms with Gasteiger partial charge in [-0.1, -0.05) is 11.6 Å². The number of hydrogen-bond donors (Lipinski definition) is 1. The molecule has 0 saturated heterocycles. The maximum Gasteiger partial charge on any atom is 0.417 e. The van der Waals surface area contributed by atoms with E-state index in [1.165, 1.54) is 18.2 Å². The highest BCUT2D eigenvalue weighted by molar-refractivity contribution is 6.31. The highest BCUT2D eigenvalue weighted by Crippen LogP contribution is 2.36.